The van der Waals surface area contributed by atoms with Gasteiger partial charge in [-0.05, 0) is 26.3 Å². The van der Waals surface area contributed by atoms with Crippen molar-refractivity contribution in [2.75, 3.05) is 25.3 Å². The van der Waals surface area contributed by atoms with E-state index in [9.17, 15) is 9.59 Å². The number of aryl methyl sites for hydroxylation is 2. The Kier molecular flexibility index (Phi) is 5.07. The maximum Gasteiger partial charge on any atom is 0.332 e. The van der Waals surface area contributed by atoms with E-state index in [4.69, 9.17) is 4.74 Å². The zero-order valence-electron chi connectivity index (χ0n) is 17.9. The number of imidazole rings is 1. The quantitative estimate of drug-likeness (QED) is 0.638. The van der Waals surface area contributed by atoms with Crippen LogP contribution in [-0.2, 0) is 18.3 Å². The average molecular weight is 410 g/mol. The smallest absolute Gasteiger partial charge is 0.332 e. The number of rotatable bonds is 5. The zero-order chi connectivity index (χ0) is 21.6. The van der Waals surface area contributed by atoms with Crippen LogP contribution in [0.3, 0.4) is 0 Å². The molecule has 30 heavy (non-hydrogen) atoms. The van der Waals surface area contributed by atoms with E-state index in [0.29, 0.717) is 30.3 Å². The number of fused-ring (bicyclic) bond motifs is 3. The molecule has 1 aliphatic rings. The topological polar surface area (TPSA) is 86.7 Å². The fourth-order valence-corrected chi connectivity index (χ4v) is 3.73. The van der Waals surface area contributed by atoms with Crippen LogP contribution in [0.1, 0.15) is 31.0 Å². The Morgan fingerprint density at radius 1 is 1.13 bits per heavy atom. The van der Waals surface area contributed by atoms with Crippen molar-refractivity contribution in [2.24, 2.45) is 12.1 Å². The Labute approximate surface area is 173 Å². The van der Waals surface area contributed by atoms with Gasteiger partial charge in [0.05, 0.1) is 31.4 Å². The molecule has 0 aliphatic carbocycles. The second kappa shape index (κ2) is 7.56. The number of hydrogen-bond acceptors (Lipinski definition) is 6. The maximum atomic E-state index is 13.5. The predicted molar refractivity (Wildman–Crippen MR) is 117 cm³/mol. The van der Waals surface area contributed by atoms with Gasteiger partial charge < -0.3 is 4.74 Å². The van der Waals surface area contributed by atoms with Crippen LogP contribution in [0.15, 0.2) is 39.0 Å². The molecule has 0 spiro atoms. The fraction of sp³-hybridized carbons (Fsp3) is 0.429. The highest BCUT2D eigenvalue weighted by Gasteiger charge is 2.30. The predicted octanol–water partition coefficient (Wildman–Crippen LogP) is 1.66. The molecular formula is C21H26N6O3. The van der Waals surface area contributed by atoms with Crippen molar-refractivity contribution in [3.05, 3.63) is 56.2 Å². The number of hydrogen-bond donors (Lipinski definition) is 0. The lowest BCUT2D eigenvalue weighted by molar-refractivity contribution is 0.204. The number of benzene rings is 1. The van der Waals surface area contributed by atoms with Crippen LogP contribution < -0.4 is 16.3 Å². The summed E-state index contributed by atoms with van der Waals surface area (Å²) in [5, 5.41) is 6.34. The number of methoxy groups -OCH3 is 1. The molecule has 3 heterocycles. The number of hydrazone groups is 1. The van der Waals surface area contributed by atoms with Gasteiger partial charge in [0, 0.05) is 14.2 Å². The van der Waals surface area contributed by atoms with Gasteiger partial charge in [0.1, 0.15) is 0 Å². The van der Waals surface area contributed by atoms with E-state index in [-0.39, 0.29) is 18.1 Å². The normalized spacial score (nSPS) is 16.1. The van der Waals surface area contributed by atoms with Gasteiger partial charge in [0.15, 0.2) is 11.2 Å². The van der Waals surface area contributed by atoms with Crippen LogP contribution in [0.5, 0.6) is 0 Å². The second-order valence-electron chi connectivity index (χ2n) is 7.71. The molecule has 2 aromatic heterocycles. The molecule has 1 aliphatic heterocycles. The summed E-state index contributed by atoms with van der Waals surface area (Å²) in [6.45, 7) is 7.07. The summed E-state index contributed by atoms with van der Waals surface area (Å²) in [4.78, 5) is 31.1. The van der Waals surface area contributed by atoms with E-state index >= 15 is 0 Å². The first kappa shape index (κ1) is 20.1. The summed E-state index contributed by atoms with van der Waals surface area (Å²) in [6, 6.07) is 7.66. The van der Waals surface area contributed by atoms with Crippen LogP contribution in [-0.4, -0.2) is 44.7 Å². The minimum Gasteiger partial charge on any atom is -0.383 e. The van der Waals surface area contributed by atoms with Gasteiger partial charge in [-0.2, -0.15) is 10.1 Å². The standard InChI is InChI=1S/C21H26N6O3/c1-13-6-8-16(9-7-13)12-25-19(28)17-18(24(4)21(25)29)22-20-26(10-11-30-5)23-14(2)15(3)27(17)20/h6-9,15H,10-12H2,1-5H3/t15-/m1/s1. The minimum atomic E-state index is -0.391. The SMILES string of the molecule is COCCN1N=C(C)[C@@H](C)n2c1nc1c2c(=O)n(Cc2ccc(C)cc2)c(=O)n1C. The first-order valence-corrected chi connectivity index (χ1v) is 9.92. The fourth-order valence-electron chi connectivity index (χ4n) is 3.73. The summed E-state index contributed by atoms with van der Waals surface area (Å²) in [5.41, 5.74) is 2.90. The number of ether oxygens (including phenoxy) is 1. The summed E-state index contributed by atoms with van der Waals surface area (Å²) < 4.78 is 9.77. The van der Waals surface area contributed by atoms with Gasteiger partial charge in [-0.15, -0.1) is 0 Å². The molecule has 9 heteroatoms. The van der Waals surface area contributed by atoms with E-state index in [0.717, 1.165) is 16.8 Å². The van der Waals surface area contributed by atoms with Crippen molar-refractivity contribution in [3.8, 4) is 0 Å². The van der Waals surface area contributed by atoms with Crippen LogP contribution in [0, 0.1) is 6.92 Å². The molecule has 0 saturated heterocycles. The molecule has 0 amide bonds. The Morgan fingerprint density at radius 2 is 1.83 bits per heavy atom. The highest BCUT2D eigenvalue weighted by molar-refractivity contribution is 5.91. The monoisotopic (exact) mass is 410 g/mol. The maximum absolute atomic E-state index is 13.5. The Balaban J connectivity index is 1.93. The van der Waals surface area contributed by atoms with Gasteiger partial charge in [-0.25, -0.2) is 9.80 Å². The van der Waals surface area contributed by atoms with Crippen molar-refractivity contribution in [3.63, 3.8) is 0 Å². The largest absolute Gasteiger partial charge is 0.383 e. The average Bonchev–Trinajstić information content (AvgIpc) is 3.14. The number of anilines is 1. The van der Waals surface area contributed by atoms with E-state index in [1.54, 1.807) is 19.2 Å². The molecule has 0 unspecified atom stereocenters. The van der Waals surface area contributed by atoms with Crippen LogP contribution in [0.4, 0.5) is 5.95 Å². The zero-order valence-corrected chi connectivity index (χ0v) is 17.9. The number of aromatic nitrogens is 4. The molecule has 1 atom stereocenters. The Hall–Kier alpha value is -3.20. The van der Waals surface area contributed by atoms with Crippen molar-refractivity contribution in [1.82, 2.24) is 18.7 Å². The lowest BCUT2D eigenvalue weighted by atomic mass is 10.1. The van der Waals surface area contributed by atoms with Crippen molar-refractivity contribution in [1.29, 1.82) is 0 Å². The molecule has 0 radical (unpaired) electrons. The third kappa shape index (κ3) is 3.15. The summed E-state index contributed by atoms with van der Waals surface area (Å²) in [5.74, 6) is 0.542. The summed E-state index contributed by atoms with van der Waals surface area (Å²) in [6.07, 6.45) is 0. The van der Waals surface area contributed by atoms with Crippen molar-refractivity contribution in [2.45, 2.75) is 33.4 Å². The van der Waals surface area contributed by atoms with Gasteiger partial charge in [0.2, 0.25) is 5.95 Å². The summed E-state index contributed by atoms with van der Waals surface area (Å²) in [7, 11) is 3.27. The molecule has 3 aromatic rings. The van der Waals surface area contributed by atoms with E-state index in [2.05, 4.69) is 10.1 Å². The van der Waals surface area contributed by atoms with Crippen LogP contribution in [0.25, 0.3) is 11.2 Å². The van der Waals surface area contributed by atoms with E-state index in [1.165, 1.54) is 9.13 Å². The lowest BCUT2D eigenvalue weighted by Crippen LogP contribution is -2.40. The second-order valence-corrected chi connectivity index (χ2v) is 7.71. The third-order valence-electron chi connectivity index (χ3n) is 5.63. The van der Waals surface area contributed by atoms with Gasteiger partial charge in [0.25, 0.3) is 5.56 Å². The lowest BCUT2D eigenvalue weighted by Gasteiger charge is -2.28. The van der Waals surface area contributed by atoms with Crippen molar-refractivity contribution >= 4 is 22.8 Å². The van der Waals surface area contributed by atoms with Gasteiger partial charge in [-0.3, -0.25) is 18.5 Å². The number of nitrogens with zero attached hydrogens (tertiary/aromatic N) is 6. The molecule has 9 nitrogen and oxygen atoms in total. The van der Waals surface area contributed by atoms with Crippen LogP contribution in [0.2, 0.25) is 0 Å². The van der Waals surface area contributed by atoms with Crippen molar-refractivity contribution < 1.29 is 4.74 Å². The van der Waals surface area contributed by atoms with E-state index in [1.807, 2.05) is 49.6 Å². The van der Waals surface area contributed by atoms with Crippen LogP contribution >= 0.6 is 0 Å². The molecular weight excluding hydrogens is 384 g/mol. The molecule has 4 rings (SSSR count). The highest BCUT2D eigenvalue weighted by atomic mass is 16.5. The van der Waals surface area contributed by atoms with Gasteiger partial charge >= 0.3 is 5.69 Å². The van der Waals surface area contributed by atoms with E-state index < -0.39 is 5.69 Å². The molecule has 1 aromatic carbocycles. The summed E-state index contributed by atoms with van der Waals surface area (Å²) >= 11 is 0. The third-order valence-corrected chi connectivity index (χ3v) is 5.63. The first-order chi connectivity index (χ1) is 14.3. The molecule has 0 saturated carbocycles. The van der Waals surface area contributed by atoms with Gasteiger partial charge in [-0.1, -0.05) is 29.8 Å². The highest BCUT2D eigenvalue weighted by Crippen LogP contribution is 2.29. The first-order valence-electron chi connectivity index (χ1n) is 9.92. The Bertz CT molecular complexity index is 1250. The molecule has 0 bridgehead atoms. The Morgan fingerprint density at radius 3 is 2.50 bits per heavy atom. The molecule has 0 N–H and O–H groups in total. The minimum absolute atomic E-state index is 0.151. The molecule has 0 fully saturated rings. The molecule has 158 valence electrons.